The van der Waals surface area contributed by atoms with Crippen LogP contribution in [-0.2, 0) is 6.54 Å². The summed E-state index contributed by atoms with van der Waals surface area (Å²) in [7, 11) is 0. The average molecular weight is 274 g/mol. The van der Waals surface area contributed by atoms with Gasteiger partial charge < -0.3 is 5.73 Å². The van der Waals surface area contributed by atoms with Gasteiger partial charge in [0.25, 0.3) is 0 Å². The maximum atomic E-state index is 13.0. The molecule has 0 unspecified atom stereocenters. The minimum atomic E-state index is -1.41. The molecular formula is C7H4BrClF3N. The molecule has 1 aromatic carbocycles. The van der Waals surface area contributed by atoms with E-state index in [1.54, 1.807) is 0 Å². The summed E-state index contributed by atoms with van der Waals surface area (Å²) in [5.41, 5.74) is 4.83. The van der Waals surface area contributed by atoms with Crippen LogP contribution in [-0.4, -0.2) is 0 Å². The second kappa shape index (κ2) is 3.86. The van der Waals surface area contributed by atoms with E-state index in [0.717, 1.165) is 0 Å². The Bertz CT molecular complexity index is 327. The summed E-state index contributed by atoms with van der Waals surface area (Å²) >= 11 is 7.89. The highest BCUT2D eigenvalue weighted by Gasteiger charge is 2.21. The summed E-state index contributed by atoms with van der Waals surface area (Å²) in [6, 6.07) is 0. The summed E-state index contributed by atoms with van der Waals surface area (Å²) in [5, 5.41) is -0.874. The Kier molecular flexibility index (Phi) is 3.21. The third-order valence-corrected chi connectivity index (χ3v) is 2.66. The van der Waals surface area contributed by atoms with Crippen molar-refractivity contribution >= 4 is 27.5 Å². The van der Waals surface area contributed by atoms with Crippen molar-refractivity contribution in [3.05, 3.63) is 32.5 Å². The summed E-state index contributed by atoms with van der Waals surface area (Å²) in [6.07, 6.45) is 0. The molecule has 1 rings (SSSR count). The summed E-state index contributed by atoms with van der Waals surface area (Å²) in [6.45, 7) is -0.308. The molecule has 0 aliphatic heterocycles. The molecule has 13 heavy (non-hydrogen) atoms. The van der Waals surface area contributed by atoms with Crippen LogP contribution in [0.15, 0.2) is 4.47 Å². The van der Waals surface area contributed by atoms with Gasteiger partial charge in [-0.2, -0.15) is 0 Å². The van der Waals surface area contributed by atoms with Crippen molar-refractivity contribution in [3.8, 4) is 0 Å². The van der Waals surface area contributed by atoms with Crippen LogP contribution in [0.3, 0.4) is 0 Å². The number of benzene rings is 1. The van der Waals surface area contributed by atoms with Crippen molar-refractivity contribution in [3.63, 3.8) is 0 Å². The van der Waals surface area contributed by atoms with Gasteiger partial charge in [-0.05, 0) is 15.9 Å². The van der Waals surface area contributed by atoms with E-state index in [-0.39, 0.29) is 16.6 Å². The molecule has 0 heterocycles. The van der Waals surface area contributed by atoms with Crippen molar-refractivity contribution in [2.24, 2.45) is 5.73 Å². The first kappa shape index (κ1) is 10.8. The molecule has 0 atom stereocenters. The molecule has 72 valence electrons. The first-order valence-corrected chi connectivity index (χ1v) is 4.38. The fourth-order valence-electron chi connectivity index (χ4n) is 0.830. The van der Waals surface area contributed by atoms with E-state index in [0.29, 0.717) is 0 Å². The largest absolute Gasteiger partial charge is 0.326 e. The second-order valence-electron chi connectivity index (χ2n) is 2.25. The van der Waals surface area contributed by atoms with Gasteiger partial charge in [0.1, 0.15) is 5.02 Å². The van der Waals surface area contributed by atoms with Gasteiger partial charge >= 0.3 is 0 Å². The zero-order valence-electron chi connectivity index (χ0n) is 6.17. The first-order valence-electron chi connectivity index (χ1n) is 3.21. The molecule has 2 N–H and O–H groups in total. The number of hydrogen-bond donors (Lipinski definition) is 1. The van der Waals surface area contributed by atoms with Crippen LogP contribution in [0.25, 0.3) is 0 Å². The fraction of sp³-hybridized carbons (Fsp3) is 0.143. The Morgan fingerprint density at radius 1 is 1.15 bits per heavy atom. The van der Waals surface area contributed by atoms with Gasteiger partial charge in [0, 0.05) is 12.1 Å². The lowest BCUT2D eigenvalue weighted by Gasteiger charge is -2.07. The molecule has 0 radical (unpaired) electrons. The lowest BCUT2D eigenvalue weighted by Crippen LogP contribution is -2.06. The number of hydrogen-bond acceptors (Lipinski definition) is 1. The van der Waals surface area contributed by atoms with E-state index >= 15 is 0 Å². The summed E-state index contributed by atoms with van der Waals surface area (Å²) in [5.74, 6) is -3.68. The van der Waals surface area contributed by atoms with E-state index in [1.807, 2.05) is 0 Å². The quantitative estimate of drug-likeness (QED) is 0.618. The first-order chi connectivity index (χ1) is 6.00. The van der Waals surface area contributed by atoms with Crippen molar-refractivity contribution < 1.29 is 13.2 Å². The van der Waals surface area contributed by atoms with Crippen molar-refractivity contribution in [1.29, 1.82) is 0 Å². The third kappa shape index (κ3) is 1.68. The molecule has 0 bridgehead atoms. The van der Waals surface area contributed by atoms with Crippen molar-refractivity contribution in [2.45, 2.75) is 6.54 Å². The van der Waals surface area contributed by atoms with Crippen LogP contribution >= 0.6 is 27.5 Å². The number of halogens is 5. The molecule has 0 aromatic heterocycles. The number of nitrogens with two attached hydrogens (primary N) is 1. The Morgan fingerprint density at radius 2 is 1.69 bits per heavy atom. The van der Waals surface area contributed by atoms with E-state index < -0.39 is 22.5 Å². The summed E-state index contributed by atoms with van der Waals surface area (Å²) < 4.78 is 38.5. The molecule has 0 fully saturated rings. The van der Waals surface area contributed by atoms with Gasteiger partial charge in [-0.1, -0.05) is 11.6 Å². The Morgan fingerprint density at radius 3 is 2.15 bits per heavy atom. The van der Waals surface area contributed by atoms with E-state index in [2.05, 4.69) is 15.9 Å². The normalized spacial score (nSPS) is 10.6. The van der Waals surface area contributed by atoms with Crippen molar-refractivity contribution in [2.75, 3.05) is 0 Å². The lowest BCUT2D eigenvalue weighted by molar-refractivity contribution is 0.483. The van der Waals surface area contributed by atoms with Crippen LogP contribution < -0.4 is 5.73 Å². The predicted molar refractivity (Wildman–Crippen MR) is 46.9 cm³/mol. The molecule has 0 amide bonds. The van der Waals surface area contributed by atoms with Crippen LogP contribution in [0.2, 0.25) is 5.02 Å². The van der Waals surface area contributed by atoms with E-state index in [1.165, 1.54) is 0 Å². The molecule has 6 heteroatoms. The van der Waals surface area contributed by atoms with Crippen LogP contribution in [0.5, 0.6) is 0 Å². The Labute approximate surface area is 85.8 Å². The molecular weight excluding hydrogens is 270 g/mol. The standard InChI is InChI=1S/C7H4BrClF3N/c8-3-2(1-13)5(10)7(12)4(9)6(3)11/h1,13H2. The molecule has 1 nitrogen and oxygen atoms in total. The molecule has 1 aromatic rings. The fourth-order valence-corrected chi connectivity index (χ4v) is 1.66. The molecule has 0 spiro atoms. The third-order valence-electron chi connectivity index (χ3n) is 1.50. The summed E-state index contributed by atoms with van der Waals surface area (Å²) in [4.78, 5) is 0. The van der Waals surface area contributed by atoms with Crippen LogP contribution in [0, 0.1) is 17.5 Å². The SMILES string of the molecule is NCc1c(F)c(F)c(Cl)c(F)c1Br. The van der Waals surface area contributed by atoms with Gasteiger partial charge in [-0.25, -0.2) is 13.2 Å². The van der Waals surface area contributed by atoms with Crippen molar-refractivity contribution in [1.82, 2.24) is 0 Å². The molecule has 0 saturated heterocycles. The van der Waals surface area contributed by atoms with E-state index in [9.17, 15) is 13.2 Å². The highest BCUT2D eigenvalue weighted by atomic mass is 79.9. The van der Waals surface area contributed by atoms with Crippen LogP contribution in [0.1, 0.15) is 5.56 Å². The maximum Gasteiger partial charge on any atom is 0.180 e. The smallest absolute Gasteiger partial charge is 0.180 e. The van der Waals surface area contributed by atoms with Gasteiger partial charge in [-0.15, -0.1) is 0 Å². The monoisotopic (exact) mass is 273 g/mol. The highest BCUT2D eigenvalue weighted by Crippen LogP contribution is 2.31. The minimum absolute atomic E-state index is 0.237. The average Bonchev–Trinajstić information content (AvgIpc) is 2.13. The highest BCUT2D eigenvalue weighted by molar-refractivity contribution is 9.10. The Hall–Kier alpha value is -0.260. The second-order valence-corrected chi connectivity index (χ2v) is 3.42. The van der Waals surface area contributed by atoms with Gasteiger partial charge in [0.15, 0.2) is 17.5 Å². The van der Waals surface area contributed by atoms with E-state index in [4.69, 9.17) is 17.3 Å². The Balaban J connectivity index is 3.56. The lowest BCUT2D eigenvalue weighted by atomic mass is 10.2. The zero-order chi connectivity index (χ0) is 10.2. The maximum absolute atomic E-state index is 13.0. The van der Waals surface area contributed by atoms with Gasteiger partial charge in [0.05, 0.1) is 4.47 Å². The van der Waals surface area contributed by atoms with Gasteiger partial charge in [-0.3, -0.25) is 0 Å². The number of rotatable bonds is 1. The molecule has 0 aliphatic carbocycles. The van der Waals surface area contributed by atoms with Crippen LogP contribution in [0.4, 0.5) is 13.2 Å². The minimum Gasteiger partial charge on any atom is -0.326 e. The predicted octanol–water partition coefficient (Wildman–Crippen LogP) is 2.98. The molecule has 0 saturated carbocycles. The zero-order valence-corrected chi connectivity index (χ0v) is 8.52. The molecule has 0 aliphatic rings. The topological polar surface area (TPSA) is 26.0 Å². The van der Waals surface area contributed by atoms with Gasteiger partial charge in [0.2, 0.25) is 0 Å².